The molecule has 21 heavy (non-hydrogen) atoms. The van der Waals surface area contributed by atoms with E-state index in [-0.39, 0.29) is 16.0 Å². The first-order valence-electron chi connectivity index (χ1n) is 6.61. The molecule has 1 amide bonds. The van der Waals surface area contributed by atoms with Gasteiger partial charge in [-0.15, -0.1) is 11.8 Å². The molecule has 0 spiro atoms. The van der Waals surface area contributed by atoms with Crippen LogP contribution in [0, 0.1) is 11.7 Å². The molecule has 3 rings (SSSR count). The molecule has 0 aromatic heterocycles. The van der Waals surface area contributed by atoms with E-state index in [1.165, 1.54) is 28.8 Å². The summed E-state index contributed by atoms with van der Waals surface area (Å²) in [7, 11) is 0. The van der Waals surface area contributed by atoms with Crippen LogP contribution in [0.15, 0.2) is 18.2 Å². The van der Waals surface area contributed by atoms with Crippen LogP contribution in [-0.2, 0) is 4.79 Å². The topological polar surface area (TPSA) is 57.6 Å². The van der Waals surface area contributed by atoms with Gasteiger partial charge in [0.05, 0.1) is 10.9 Å². The minimum atomic E-state index is -1.05. The third-order valence-electron chi connectivity index (χ3n) is 3.74. The number of hydrogen-bond acceptors (Lipinski definition) is 3. The zero-order valence-corrected chi connectivity index (χ0v) is 12.5. The van der Waals surface area contributed by atoms with Gasteiger partial charge in [-0.1, -0.05) is 11.6 Å². The molecule has 7 heteroatoms. The number of carboxylic acids is 1. The fraction of sp³-hybridized carbons (Fsp3) is 0.429. The number of amides is 1. The Morgan fingerprint density at radius 2 is 2.10 bits per heavy atom. The van der Waals surface area contributed by atoms with E-state index in [1.807, 2.05) is 0 Å². The fourth-order valence-corrected chi connectivity index (χ4v) is 4.31. The van der Waals surface area contributed by atoms with Crippen molar-refractivity contribution in [3.05, 3.63) is 34.6 Å². The number of aliphatic carboxylic acids is 1. The molecule has 2 aliphatic rings. The van der Waals surface area contributed by atoms with E-state index in [4.69, 9.17) is 11.6 Å². The molecule has 0 radical (unpaired) electrons. The van der Waals surface area contributed by atoms with Gasteiger partial charge in [0.25, 0.3) is 5.91 Å². The first-order chi connectivity index (χ1) is 9.99. The van der Waals surface area contributed by atoms with Gasteiger partial charge in [-0.25, -0.2) is 9.18 Å². The molecule has 1 aromatic rings. The Morgan fingerprint density at radius 3 is 2.67 bits per heavy atom. The molecule has 1 aliphatic carbocycles. The molecule has 112 valence electrons. The smallest absolute Gasteiger partial charge is 0.327 e. The van der Waals surface area contributed by atoms with Gasteiger partial charge < -0.3 is 10.0 Å². The summed E-state index contributed by atoms with van der Waals surface area (Å²) >= 11 is 7.15. The molecule has 0 bridgehead atoms. The molecule has 1 saturated carbocycles. The van der Waals surface area contributed by atoms with Crippen molar-refractivity contribution in [3.63, 3.8) is 0 Å². The number of rotatable bonds is 3. The lowest BCUT2D eigenvalue weighted by Crippen LogP contribution is -2.46. The molecule has 1 heterocycles. The van der Waals surface area contributed by atoms with Crippen LogP contribution < -0.4 is 0 Å². The molecule has 1 N–H and O–H groups in total. The summed E-state index contributed by atoms with van der Waals surface area (Å²) < 4.78 is 13.9. The summed E-state index contributed by atoms with van der Waals surface area (Å²) in [6, 6.07) is 2.91. The van der Waals surface area contributed by atoms with Crippen LogP contribution >= 0.6 is 23.4 Å². The molecule has 2 fully saturated rings. The van der Waals surface area contributed by atoms with Gasteiger partial charge in [-0.3, -0.25) is 4.79 Å². The van der Waals surface area contributed by atoms with E-state index < -0.39 is 23.7 Å². The van der Waals surface area contributed by atoms with Gasteiger partial charge in [0.15, 0.2) is 0 Å². The number of benzene rings is 1. The van der Waals surface area contributed by atoms with E-state index in [9.17, 15) is 19.1 Å². The summed E-state index contributed by atoms with van der Waals surface area (Å²) in [5.74, 6) is -1.68. The Hall–Kier alpha value is -1.27. The lowest BCUT2D eigenvalue weighted by atomic mass is 10.1. The van der Waals surface area contributed by atoms with Crippen molar-refractivity contribution in [2.24, 2.45) is 5.92 Å². The second-order valence-electron chi connectivity index (χ2n) is 5.25. The van der Waals surface area contributed by atoms with Gasteiger partial charge in [0, 0.05) is 10.8 Å². The van der Waals surface area contributed by atoms with Crippen molar-refractivity contribution in [2.45, 2.75) is 24.3 Å². The highest BCUT2D eigenvalue weighted by atomic mass is 35.5. The van der Waals surface area contributed by atoms with Gasteiger partial charge in [-0.2, -0.15) is 0 Å². The average molecular weight is 330 g/mol. The van der Waals surface area contributed by atoms with Crippen LogP contribution in [0.5, 0.6) is 0 Å². The predicted octanol–water partition coefficient (Wildman–Crippen LogP) is 2.86. The van der Waals surface area contributed by atoms with Crippen LogP contribution in [-0.4, -0.2) is 39.1 Å². The molecular weight excluding hydrogens is 317 g/mol. The zero-order valence-electron chi connectivity index (χ0n) is 11.0. The Kier molecular flexibility index (Phi) is 3.84. The third kappa shape index (κ3) is 2.74. The number of hydrogen-bond donors (Lipinski definition) is 1. The van der Waals surface area contributed by atoms with Crippen molar-refractivity contribution >= 4 is 35.2 Å². The van der Waals surface area contributed by atoms with E-state index in [0.29, 0.717) is 11.7 Å². The second-order valence-corrected chi connectivity index (χ2v) is 6.84. The summed E-state index contributed by atoms with van der Waals surface area (Å²) in [5, 5.41) is 9.32. The number of nitrogens with zero attached hydrogens (tertiary/aromatic N) is 1. The fourth-order valence-electron chi connectivity index (χ4n) is 2.52. The maximum absolute atomic E-state index is 13.9. The molecular formula is C14H13ClFNO3S. The van der Waals surface area contributed by atoms with E-state index in [0.717, 1.165) is 18.9 Å². The molecule has 1 aromatic carbocycles. The molecule has 1 aliphatic heterocycles. The highest BCUT2D eigenvalue weighted by Gasteiger charge is 2.48. The zero-order chi connectivity index (χ0) is 15.1. The minimum absolute atomic E-state index is 0.126. The monoisotopic (exact) mass is 329 g/mol. The van der Waals surface area contributed by atoms with Crippen molar-refractivity contribution < 1.29 is 19.1 Å². The maximum atomic E-state index is 13.9. The van der Waals surface area contributed by atoms with Crippen LogP contribution in [0.25, 0.3) is 0 Å². The van der Waals surface area contributed by atoms with Gasteiger partial charge >= 0.3 is 5.97 Å². The highest BCUT2D eigenvalue weighted by Crippen LogP contribution is 2.46. The van der Waals surface area contributed by atoms with Crippen molar-refractivity contribution in [2.75, 3.05) is 5.75 Å². The first kappa shape index (κ1) is 14.7. The van der Waals surface area contributed by atoms with Crippen LogP contribution in [0.3, 0.4) is 0 Å². The van der Waals surface area contributed by atoms with Crippen molar-refractivity contribution in [3.8, 4) is 0 Å². The van der Waals surface area contributed by atoms with Crippen molar-refractivity contribution in [1.82, 2.24) is 4.90 Å². The molecule has 4 nitrogen and oxygen atoms in total. The number of thioether (sulfide) groups is 1. The van der Waals surface area contributed by atoms with Gasteiger partial charge in [0.2, 0.25) is 0 Å². The van der Waals surface area contributed by atoms with E-state index in [2.05, 4.69) is 0 Å². The minimum Gasteiger partial charge on any atom is -0.480 e. The summed E-state index contributed by atoms with van der Waals surface area (Å²) in [6.07, 6.45) is 1.97. The van der Waals surface area contributed by atoms with E-state index >= 15 is 0 Å². The SMILES string of the molecule is O=C(O)C1CSC(C2CC2)N1C(=O)c1ccc(Cl)cc1F. The third-order valence-corrected chi connectivity index (χ3v) is 5.44. The lowest BCUT2D eigenvalue weighted by Gasteiger charge is -2.27. The Bertz CT molecular complexity index is 608. The molecule has 2 unspecified atom stereocenters. The summed E-state index contributed by atoms with van der Waals surface area (Å²) in [6.45, 7) is 0. The average Bonchev–Trinajstić information content (AvgIpc) is 3.16. The van der Waals surface area contributed by atoms with Crippen molar-refractivity contribution in [1.29, 1.82) is 0 Å². The highest BCUT2D eigenvalue weighted by molar-refractivity contribution is 8.00. The maximum Gasteiger partial charge on any atom is 0.327 e. The largest absolute Gasteiger partial charge is 0.480 e. The quantitative estimate of drug-likeness (QED) is 0.926. The summed E-state index contributed by atoms with van der Waals surface area (Å²) in [4.78, 5) is 25.3. The van der Waals surface area contributed by atoms with Crippen LogP contribution in [0.4, 0.5) is 4.39 Å². The van der Waals surface area contributed by atoms with Gasteiger partial charge in [0.1, 0.15) is 11.9 Å². The Morgan fingerprint density at radius 1 is 1.38 bits per heavy atom. The number of halogens is 2. The van der Waals surface area contributed by atoms with Crippen LogP contribution in [0.1, 0.15) is 23.2 Å². The molecule has 1 saturated heterocycles. The second kappa shape index (κ2) is 5.50. The van der Waals surface area contributed by atoms with Gasteiger partial charge in [-0.05, 0) is 37.0 Å². The lowest BCUT2D eigenvalue weighted by molar-refractivity contribution is -0.141. The summed E-state index contributed by atoms with van der Waals surface area (Å²) in [5.41, 5.74) is -0.126. The van der Waals surface area contributed by atoms with Crippen LogP contribution in [0.2, 0.25) is 5.02 Å². The van der Waals surface area contributed by atoms with E-state index in [1.54, 1.807) is 0 Å². The Labute approximate surface area is 130 Å². The number of carboxylic acid groups (broad SMARTS) is 1. The standard InChI is InChI=1S/C14H13ClFNO3S/c15-8-3-4-9(10(16)5-8)12(18)17-11(14(19)20)6-21-13(17)7-1-2-7/h3-5,7,11,13H,1-2,6H2,(H,19,20). The number of carbonyl (C=O) groups excluding carboxylic acids is 1. The normalized spacial score (nSPS) is 25.1. The Balaban J connectivity index is 1.93. The first-order valence-corrected chi connectivity index (χ1v) is 8.04. The predicted molar refractivity (Wildman–Crippen MR) is 78.0 cm³/mol. The molecule has 2 atom stereocenters. The number of carbonyl (C=O) groups is 2.